The number of H-pyrrole nitrogens is 1. The maximum atomic E-state index is 13.4. The standard InChI is InChI=1S/C13H11FN2O2/c14-9-3-1-2-4-10(9)18-12-7-11(17)15-13(16-12)8-5-6-8/h1-4,7-8H,5-6H2,(H,15,16,17). The Hall–Kier alpha value is -2.17. The number of hydrogen-bond acceptors (Lipinski definition) is 3. The number of halogens is 1. The van der Waals surface area contributed by atoms with Crippen LogP contribution in [-0.4, -0.2) is 9.97 Å². The van der Waals surface area contributed by atoms with Gasteiger partial charge in [0.25, 0.3) is 5.56 Å². The molecular weight excluding hydrogens is 235 g/mol. The van der Waals surface area contributed by atoms with Gasteiger partial charge in [-0.3, -0.25) is 4.79 Å². The zero-order valence-electron chi connectivity index (χ0n) is 9.52. The Balaban J connectivity index is 1.93. The lowest BCUT2D eigenvalue weighted by molar-refractivity contribution is 0.423. The van der Waals surface area contributed by atoms with E-state index in [4.69, 9.17) is 4.74 Å². The summed E-state index contributed by atoms with van der Waals surface area (Å²) in [4.78, 5) is 18.3. The zero-order chi connectivity index (χ0) is 12.5. The van der Waals surface area contributed by atoms with Gasteiger partial charge in [0.05, 0.1) is 6.07 Å². The van der Waals surface area contributed by atoms with Crippen LogP contribution in [0.1, 0.15) is 24.6 Å². The molecule has 0 spiro atoms. The fourth-order valence-corrected chi connectivity index (χ4v) is 1.70. The predicted octanol–water partition coefficient (Wildman–Crippen LogP) is 2.58. The molecule has 0 bridgehead atoms. The maximum Gasteiger partial charge on any atom is 0.254 e. The summed E-state index contributed by atoms with van der Waals surface area (Å²) in [5.74, 6) is 0.645. The molecule has 1 saturated carbocycles. The molecule has 0 amide bonds. The Morgan fingerprint density at radius 3 is 2.83 bits per heavy atom. The molecular formula is C13H11FN2O2. The molecule has 92 valence electrons. The van der Waals surface area contributed by atoms with Crippen molar-refractivity contribution in [2.24, 2.45) is 0 Å². The molecule has 4 nitrogen and oxygen atoms in total. The van der Waals surface area contributed by atoms with Crippen molar-refractivity contribution in [2.45, 2.75) is 18.8 Å². The SMILES string of the molecule is O=c1cc(Oc2ccccc2F)nc(C2CC2)[nH]1. The number of aromatic amines is 1. The first-order chi connectivity index (χ1) is 8.72. The monoisotopic (exact) mass is 246 g/mol. The Bertz CT molecular complexity index is 635. The van der Waals surface area contributed by atoms with Gasteiger partial charge in [-0.1, -0.05) is 12.1 Å². The molecule has 0 aliphatic heterocycles. The molecule has 5 heteroatoms. The molecule has 0 atom stereocenters. The lowest BCUT2D eigenvalue weighted by Gasteiger charge is -2.06. The van der Waals surface area contributed by atoms with Gasteiger partial charge >= 0.3 is 0 Å². The lowest BCUT2D eigenvalue weighted by atomic mass is 10.3. The van der Waals surface area contributed by atoms with Crippen molar-refractivity contribution in [3.05, 3.63) is 52.3 Å². The van der Waals surface area contributed by atoms with Crippen LogP contribution in [0.4, 0.5) is 4.39 Å². The fraction of sp³-hybridized carbons (Fsp3) is 0.231. The molecule has 0 saturated heterocycles. The van der Waals surface area contributed by atoms with Crippen LogP contribution in [0.3, 0.4) is 0 Å². The summed E-state index contributed by atoms with van der Waals surface area (Å²) >= 11 is 0. The van der Waals surface area contributed by atoms with E-state index < -0.39 is 5.82 Å². The lowest BCUT2D eigenvalue weighted by Crippen LogP contribution is -2.10. The third-order valence-electron chi connectivity index (χ3n) is 2.75. The van der Waals surface area contributed by atoms with Crippen LogP contribution < -0.4 is 10.3 Å². The molecule has 1 aliphatic rings. The second-order valence-corrected chi connectivity index (χ2v) is 4.28. The summed E-state index contributed by atoms with van der Waals surface area (Å²) in [6, 6.07) is 7.24. The summed E-state index contributed by atoms with van der Waals surface area (Å²) < 4.78 is 18.7. The highest BCUT2D eigenvalue weighted by atomic mass is 19.1. The maximum absolute atomic E-state index is 13.4. The van der Waals surface area contributed by atoms with E-state index in [0.717, 1.165) is 12.8 Å². The van der Waals surface area contributed by atoms with E-state index in [9.17, 15) is 9.18 Å². The van der Waals surface area contributed by atoms with Gasteiger partial charge in [0.2, 0.25) is 5.88 Å². The van der Waals surface area contributed by atoms with Crippen molar-refractivity contribution in [1.82, 2.24) is 9.97 Å². The Morgan fingerprint density at radius 2 is 2.11 bits per heavy atom. The topological polar surface area (TPSA) is 55.0 Å². The van der Waals surface area contributed by atoms with Crippen molar-refractivity contribution in [3.63, 3.8) is 0 Å². The predicted molar refractivity (Wildman–Crippen MR) is 63.3 cm³/mol. The van der Waals surface area contributed by atoms with Crippen molar-refractivity contribution in [2.75, 3.05) is 0 Å². The minimum Gasteiger partial charge on any atom is -0.436 e. The van der Waals surface area contributed by atoms with Gasteiger partial charge < -0.3 is 9.72 Å². The van der Waals surface area contributed by atoms with Gasteiger partial charge in [0.15, 0.2) is 11.6 Å². The minimum atomic E-state index is -0.479. The van der Waals surface area contributed by atoms with Crippen molar-refractivity contribution in [1.29, 1.82) is 0 Å². The van der Waals surface area contributed by atoms with E-state index >= 15 is 0 Å². The first kappa shape index (κ1) is 11.0. The summed E-state index contributed by atoms with van der Waals surface area (Å²) in [5.41, 5.74) is -0.279. The second kappa shape index (κ2) is 4.25. The highest BCUT2D eigenvalue weighted by Gasteiger charge is 2.26. The average molecular weight is 246 g/mol. The fourth-order valence-electron chi connectivity index (χ4n) is 1.70. The normalized spacial score (nSPS) is 14.5. The smallest absolute Gasteiger partial charge is 0.254 e. The molecule has 1 aromatic carbocycles. The number of hydrogen-bond donors (Lipinski definition) is 1. The molecule has 2 aromatic rings. The Kier molecular flexibility index (Phi) is 2.59. The second-order valence-electron chi connectivity index (χ2n) is 4.28. The summed E-state index contributed by atoms with van der Waals surface area (Å²) in [7, 11) is 0. The highest BCUT2D eigenvalue weighted by Crippen LogP contribution is 2.38. The molecule has 0 radical (unpaired) electrons. The number of rotatable bonds is 3. The van der Waals surface area contributed by atoms with Crippen molar-refractivity contribution in [3.8, 4) is 11.6 Å². The number of aromatic nitrogens is 2. The van der Waals surface area contributed by atoms with Crippen molar-refractivity contribution >= 4 is 0 Å². The van der Waals surface area contributed by atoms with Gasteiger partial charge in [0, 0.05) is 5.92 Å². The zero-order valence-corrected chi connectivity index (χ0v) is 9.52. The van der Waals surface area contributed by atoms with Crippen LogP contribution in [-0.2, 0) is 0 Å². The molecule has 1 fully saturated rings. The van der Waals surface area contributed by atoms with Gasteiger partial charge in [-0.25, -0.2) is 4.39 Å². The van der Waals surface area contributed by atoms with E-state index in [1.165, 1.54) is 18.2 Å². The number of nitrogens with zero attached hydrogens (tertiary/aromatic N) is 1. The molecule has 1 heterocycles. The third kappa shape index (κ3) is 2.25. The molecule has 18 heavy (non-hydrogen) atoms. The Labute approximate surface area is 102 Å². The third-order valence-corrected chi connectivity index (χ3v) is 2.75. The van der Waals surface area contributed by atoms with Crippen LogP contribution >= 0.6 is 0 Å². The van der Waals surface area contributed by atoms with Gasteiger partial charge in [-0.2, -0.15) is 4.98 Å². The number of nitrogens with one attached hydrogen (secondary N) is 1. The average Bonchev–Trinajstić information content (AvgIpc) is 3.15. The number of para-hydroxylation sites is 1. The number of ether oxygens (including phenoxy) is 1. The molecule has 1 N–H and O–H groups in total. The van der Waals surface area contributed by atoms with E-state index in [0.29, 0.717) is 11.7 Å². The Morgan fingerprint density at radius 1 is 1.33 bits per heavy atom. The van der Waals surface area contributed by atoms with Gasteiger partial charge in [0.1, 0.15) is 5.82 Å². The van der Waals surface area contributed by atoms with E-state index in [2.05, 4.69) is 9.97 Å². The largest absolute Gasteiger partial charge is 0.436 e. The summed E-state index contributed by atoms with van der Waals surface area (Å²) in [6.45, 7) is 0. The van der Waals surface area contributed by atoms with E-state index in [-0.39, 0.29) is 17.2 Å². The first-order valence-corrected chi connectivity index (χ1v) is 5.76. The number of benzene rings is 1. The highest BCUT2D eigenvalue weighted by molar-refractivity contribution is 5.28. The van der Waals surface area contributed by atoms with Crippen LogP contribution in [0.25, 0.3) is 0 Å². The van der Waals surface area contributed by atoms with E-state index in [1.807, 2.05) is 0 Å². The van der Waals surface area contributed by atoms with E-state index in [1.54, 1.807) is 12.1 Å². The quantitative estimate of drug-likeness (QED) is 0.905. The van der Waals surface area contributed by atoms with Crippen LogP contribution in [0.15, 0.2) is 35.1 Å². The molecule has 0 unspecified atom stereocenters. The molecule has 3 rings (SSSR count). The summed E-state index contributed by atoms with van der Waals surface area (Å²) in [5, 5.41) is 0. The van der Waals surface area contributed by atoms with Crippen molar-refractivity contribution < 1.29 is 9.13 Å². The minimum absolute atomic E-state index is 0.0670. The van der Waals surface area contributed by atoms with Gasteiger partial charge in [-0.05, 0) is 25.0 Å². The summed E-state index contributed by atoms with van der Waals surface area (Å²) in [6.07, 6.45) is 2.04. The van der Waals surface area contributed by atoms with Gasteiger partial charge in [-0.15, -0.1) is 0 Å². The molecule has 1 aromatic heterocycles. The van der Waals surface area contributed by atoms with Crippen LogP contribution in [0.5, 0.6) is 11.6 Å². The van der Waals surface area contributed by atoms with Crippen LogP contribution in [0.2, 0.25) is 0 Å². The first-order valence-electron chi connectivity index (χ1n) is 5.76. The van der Waals surface area contributed by atoms with Crippen LogP contribution in [0, 0.1) is 5.82 Å². The molecule has 1 aliphatic carbocycles.